The fourth-order valence-corrected chi connectivity index (χ4v) is 0.736. The molecule has 12 heavy (non-hydrogen) atoms. The SMILES string of the molecule is CCOC(=O)CC=C(C)C(N)P. The second-order valence-corrected chi connectivity index (χ2v) is 3.20. The Morgan fingerprint density at radius 2 is 2.33 bits per heavy atom. The first kappa shape index (κ1) is 11.6. The minimum atomic E-state index is -0.206. The van der Waals surface area contributed by atoms with E-state index in [0.29, 0.717) is 13.0 Å². The van der Waals surface area contributed by atoms with Crippen LogP contribution in [0.1, 0.15) is 20.3 Å². The van der Waals surface area contributed by atoms with Crippen LogP contribution in [0.4, 0.5) is 0 Å². The number of carbonyl (C=O) groups is 1. The maximum atomic E-state index is 10.9. The molecule has 0 amide bonds. The van der Waals surface area contributed by atoms with E-state index in [1.54, 1.807) is 13.0 Å². The van der Waals surface area contributed by atoms with Gasteiger partial charge < -0.3 is 10.5 Å². The average molecular weight is 189 g/mol. The first-order chi connectivity index (χ1) is 5.57. The highest BCUT2D eigenvalue weighted by atomic mass is 31.0. The monoisotopic (exact) mass is 189 g/mol. The zero-order valence-electron chi connectivity index (χ0n) is 7.54. The maximum absolute atomic E-state index is 10.9. The molecule has 0 aromatic rings. The molecule has 0 aromatic carbocycles. The van der Waals surface area contributed by atoms with Gasteiger partial charge in [0, 0.05) is 5.78 Å². The summed E-state index contributed by atoms with van der Waals surface area (Å²) in [5, 5.41) is 0. The number of esters is 1. The Labute approximate surface area is 75.5 Å². The minimum Gasteiger partial charge on any atom is -0.466 e. The van der Waals surface area contributed by atoms with Crippen molar-refractivity contribution in [2.45, 2.75) is 26.1 Å². The molecule has 4 heteroatoms. The Balaban J connectivity index is 3.79. The van der Waals surface area contributed by atoms with E-state index in [4.69, 9.17) is 10.5 Å². The number of hydrogen-bond donors (Lipinski definition) is 1. The zero-order valence-corrected chi connectivity index (χ0v) is 8.69. The number of nitrogens with two attached hydrogens (primary N) is 1. The molecule has 2 atom stereocenters. The van der Waals surface area contributed by atoms with Gasteiger partial charge in [0.15, 0.2) is 0 Å². The molecule has 2 unspecified atom stereocenters. The Hall–Kier alpha value is -0.400. The first-order valence-corrected chi connectivity index (χ1v) is 4.58. The van der Waals surface area contributed by atoms with Crippen LogP contribution in [0.25, 0.3) is 0 Å². The molecule has 0 aliphatic rings. The van der Waals surface area contributed by atoms with Crippen molar-refractivity contribution in [3.8, 4) is 0 Å². The summed E-state index contributed by atoms with van der Waals surface area (Å²) in [6.07, 6.45) is 2.09. The Bertz CT molecular complexity index is 178. The van der Waals surface area contributed by atoms with Gasteiger partial charge >= 0.3 is 5.97 Å². The third kappa shape index (κ3) is 5.28. The summed E-state index contributed by atoms with van der Waals surface area (Å²) >= 11 is 0. The molecule has 3 nitrogen and oxygen atoms in total. The summed E-state index contributed by atoms with van der Waals surface area (Å²) in [6.45, 7) is 4.10. The van der Waals surface area contributed by atoms with Gasteiger partial charge in [0.25, 0.3) is 0 Å². The topological polar surface area (TPSA) is 52.3 Å². The summed E-state index contributed by atoms with van der Waals surface area (Å²) in [4.78, 5) is 10.9. The van der Waals surface area contributed by atoms with Crippen molar-refractivity contribution in [2.24, 2.45) is 5.73 Å². The lowest BCUT2D eigenvalue weighted by Crippen LogP contribution is -2.12. The zero-order chi connectivity index (χ0) is 9.56. The summed E-state index contributed by atoms with van der Waals surface area (Å²) in [5.74, 6) is -0.276. The van der Waals surface area contributed by atoms with E-state index in [2.05, 4.69) is 9.24 Å². The van der Waals surface area contributed by atoms with E-state index >= 15 is 0 Å². The number of carbonyl (C=O) groups excluding carboxylic acids is 1. The normalized spacial score (nSPS) is 14.2. The van der Waals surface area contributed by atoms with Gasteiger partial charge in [0.2, 0.25) is 0 Å². The standard InChI is InChI=1S/C8H16NO2P/c1-3-11-7(10)5-4-6(2)8(9)12/h4,8H,3,5,9,12H2,1-2H3. The van der Waals surface area contributed by atoms with Crippen LogP contribution >= 0.6 is 9.24 Å². The number of ether oxygens (including phenoxy) is 1. The maximum Gasteiger partial charge on any atom is 0.309 e. The van der Waals surface area contributed by atoms with Crippen LogP contribution in [0.3, 0.4) is 0 Å². The van der Waals surface area contributed by atoms with Crippen LogP contribution < -0.4 is 5.73 Å². The molecular weight excluding hydrogens is 173 g/mol. The summed E-state index contributed by atoms with van der Waals surface area (Å²) < 4.78 is 4.74. The van der Waals surface area contributed by atoms with Crippen molar-refractivity contribution < 1.29 is 9.53 Å². The third-order valence-corrected chi connectivity index (χ3v) is 1.95. The summed E-state index contributed by atoms with van der Waals surface area (Å²) in [6, 6.07) is 0. The number of hydrogen-bond acceptors (Lipinski definition) is 3. The van der Waals surface area contributed by atoms with Crippen molar-refractivity contribution in [3.63, 3.8) is 0 Å². The van der Waals surface area contributed by atoms with Gasteiger partial charge in [0.1, 0.15) is 0 Å². The van der Waals surface area contributed by atoms with E-state index < -0.39 is 0 Å². The molecule has 0 rings (SSSR count). The molecule has 0 fully saturated rings. The largest absolute Gasteiger partial charge is 0.466 e. The minimum absolute atomic E-state index is 0.0700. The second kappa shape index (κ2) is 6.15. The fourth-order valence-electron chi connectivity index (χ4n) is 0.600. The first-order valence-electron chi connectivity index (χ1n) is 3.91. The smallest absolute Gasteiger partial charge is 0.309 e. The van der Waals surface area contributed by atoms with Crippen LogP contribution in [0.2, 0.25) is 0 Å². The molecule has 2 N–H and O–H groups in total. The van der Waals surface area contributed by atoms with E-state index in [-0.39, 0.29) is 11.8 Å². The lowest BCUT2D eigenvalue weighted by molar-refractivity contribution is -0.142. The molecule has 0 saturated carbocycles. The van der Waals surface area contributed by atoms with Crippen LogP contribution in [0.5, 0.6) is 0 Å². The van der Waals surface area contributed by atoms with Gasteiger partial charge in [-0.25, -0.2) is 0 Å². The van der Waals surface area contributed by atoms with Crippen molar-refractivity contribution >= 4 is 15.2 Å². The molecule has 0 bridgehead atoms. The molecular formula is C8H16NO2P. The van der Waals surface area contributed by atoms with Crippen molar-refractivity contribution in [1.29, 1.82) is 0 Å². The Morgan fingerprint density at radius 3 is 2.75 bits per heavy atom. The molecule has 0 heterocycles. The van der Waals surface area contributed by atoms with E-state index in [0.717, 1.165) is 5.57 Å². The average Bonchev–Trinajstić information content (AvgIpc) is 2.00. The quantitative estimate of drug-likeness (QED) is 0.408. The van der Waals surface area contributed by atoms with Crippen LogP contribution in [-0.2, 0) is 9.53 Å². The van der Waals surface area contributed by atoms with Crippen LogP contribution in [0.15, 0.2) is 11.6 Å². The second-order valence-electron chi connectivity index (χ2n) is 2.48. The highest BCUT2D eigenvalue weighted by Gasteiger charge is 2.00. The lowest BCUT2D eigenvalue weighted by atomic mass is 10.2. The predicted molar refractivity (Wildman–Crippen MR) is 52.7 cm³/mol. The highest BCUT2D eigenvalue weighted by molar-refractivity contribution is 7.17. The Morgan fingerprint density at radius 1 is 1.75 bits per heavy atom. The van der Waals surface area contributed by atoms with Gasteiger partial charge in [-0.3, -0.25) is 4.79 Å². The predicted octanol–water partition coefficient (Wildman–Crippen LogP) is 1.05. The summed E-state index contributed by atoms with van der Waals surface area (Å²) in [7, 11) is 2.46. The van der Waals surface area contributed by atoms with Crippen molar-refractivity contribution in [3.05, 3.63) is 11.6 Å². The lowest BCUT2D eigenvalue weighted by Gasteiger charge is -2.04. The fraction of sp³-hybridized carbons (Fsp3) is 0.625. The molecule has 0 aromatic heterocycles. The molecule has 0 saturated heterocycles. The van der Waals surface area contributed by atoms with E-state index in [1.165, 1.54) is 0 Å². The van der Waals surface area contributed by atoms with Gasteiger partial charge in [-0.2, -0.15) is 0 Å². The molecule has 0 radical (unpaired) electrons. The van der Waals surface area contributed by atoms with Crippen molar-refractivity contribution in [2.75, 3.05) is 6.61 Å². The highest BCUT2D eigenvalue weighted by Crippen LogP contribution is 2.06. The van der Waals surface area contributed by atoms with Gasteiger partial charge in [-0.1, -0.05) is 11.6 Å². The van der Waals surface area contributed by atoms with Gasteiger partial charge in [-0.15, -0.1) is 9.24 Å². The molecule has 0 aliphatic heterocycles. The van der Waals surface area contributed by atoms with Crippen molar-refractivity contribution in [1.82, 2.24) is 0 Å². The van der Waals surface area contributed by atoms with Gasteiger partial charge in [-0.05, 0) is 13.8 Å². The van der Waals surface area contributed by atoms with Crippen LogP contribution in [-0.4, -0.2) is 18.4 Å². The molecule has 0 spiro atoms. The van der Waals surface area contributed by atoms with Gasteiger partial charge in [0.05, 0.1) is 13.0 Å². The van der Waals surface area contributed by atoms with E-state index in [1.807, 2.05) is 6.92 Å². The molecule has 70 valence electrons. The van der Waals surface area contributed by atoms with Crippen LogP contribution in [0, 0.1) is 0 Å². The summed E-state index contributed by atoms with van der Waals surface area (Å²) in [5.41, 5.74) is 6.52. The Kier molecular flexibility index (Phi) is 5.95. The van der Waals surface area contributed by atoms with E-state index in [9.17, 15) is 4.79 Å². The number of rotatable bonds is 4. The molecule has 0 aliphatic carbocycles. The third-order valence-electron chi connectivity index (χ3n) is 1.42.